The van der Waals surface area contributed by atoms with E-state index < -0.39 is 6.10 Å². The summed E-state index contributed by atoms with van der Waals surface area (Å²) in [6.07, 6.45) is -0.649. The van der Waals surface area contributed by atoms with Gasteiger partial charge >= 0.3 is 0 Å². The van der Waals surface area contributed by atoms with Crippen molar-refractivity contribution >= 4 is 28.3 Å². The quantitative estimate of drug-likeness (QED) is 0.655. The van der Waals surface area contributed by atoms with E-state index in [1.807, 2.05) is 6.92 Å². The second-order valence-corrected chi connectivity index (χ2v) is 4.71. The van der Waals surface area contributed by atoms with Crippen LogP contribution in [0, 0.1) is 0 Å². The molecule has 0 bridgehead atoms. The van der Waals surface area contributed by atoms with Crippen LogP contribution in [-0.2, 0) is 5.75 Å². The van der Waals surface area contributed by atoms with Gasteiger partial charge in [0.15, 0.2) is 0 Å². The van der Waals surface area contributed by atoms with E-state index in [1.165, 1.54) is 23.3 Å². The van der Waals surface area contributed by atoms with Crippen molar-refractivity contribution in [1.29, 1.82) is 0 Å². The van der Waals surface area contributed by atoms with Crippen molar-refractivity contribution in [3.05, 3.63) is 5.69 Å². The van der Waals surface area contributed by atoms with E-state index in [4.69, 9.17) is 10.2 Å². The molecule has 0 aliphatic carbocycles. The smallest absolute Gasteiger partial charge is 0.134 e. The summed E-state index contributed by atoms with van der Waals surface area (Å²) in [5.74, 6) is 1.22. The molecule has 3 N–H and O–H groups in total. The molecule has 0 radical (unpaired) electrons. The summed E-state index contributed by atoms with van der Waals surface area (Å²) in [5, 5.41) is 25.9. The molecule has 7 heteroatoms. The number of nitrogens with one attached hydrogen (secondary N) is 1. The number of hydrogen-bond donors (Lipinski definition) is 3. The normalized spacial score (nSPS) is 12.7. The van der Waals surface area contributed by atoms with Gasteiger partial charge in [0.1, 0.15) is 10.7 Å². The van der Waals surface area contributed by atoms with Crippen LogP contribution >= 0.6 is 23.3 Å². The van der Waals surface area contributed by atoms with Crippen molar-refractivity contribution in [2.24, 2.45) is 0 Å². The first-order valence-corrected chi connectivity index (χ1v) is 6.62. The Morgan fingerprint density at radius 3 is 3.07 bits per heavy atom. The Balaban J connectivity index is 2.33. The maximum Gasteiger partial charge on any atom is 0.134 e. The van der Waals surface area contributed by atoms with Gasteiger partial charge in [-0.05, 0) is 6.92 Å². The van der Waals surface area contributed by atoms with E-state index >= 15 is 0 Å². The first-order chi connectivity index (χ1) is 7.27. The average Bonchev–Trinajstić information content (AvgIpc) is 2.66. The molecule has 86 valence electrons. The zero-order valence-electron chi connectivity index (χ0n) is 8.51. The second-order valence-electron chi connectivity index (χ2n) is 2.93. The molecular weight excluding hydrogens is 234 g/mol. The molecule has 0 amide bonds. The molecule has 0 spiro atoms. The number of nitrogens with zero attached hydrogens (tertiary/aromatic N) is 2. The Kier molecular flexibility index (Phi) is 5.92. The lowest BCUT2D eigenvalue weighted by molar-refractivity contribution is 0.113. The SMILES string of the molecule is CCNc1snnc1CSCC(O)CO. The molecule has 0 aliphatic heterocycles. The summed E-state index contributed by atoms with van der Waals surface area (Å²) >= 11 is 2.88. The summed E-state index contributed by atoms with van der Waals surface area (Å²) in [7, 11) is 0. The van der Waals surface area contributed by atoms with Gasteiger partial charge in [-0.25, -0.2) is 0 Å². The number of aliphatic hydroxyl groups excluding tert-OH is 2. The Morgan fingerprint density at radius 1 is 1.60 bits per heavy atom. The van der Waals surface area contributed by atoms with Gasteiger partial charge in [-0.3, -0.25) is 0 Å². The van der Waals surface area contributed by atoms with Crippen LogP contribution in [0.5, 0.6) is 0 Å². The highest BCUT2D eigenvalue weighted by atomic mass is 32.2. The minimum atomic E-state index is -0.649. The topological polar surface area (TPSA) is 78.3 Å². The maximum atomic E-state index is 9.14. The van der Waals surface area contributed by atoms with Crippen molar-refractivity contribution in [1.82, 2.24) is 9.59 Å². The predicted octanol–water partition coefficient (Wildman–Crippen LogP) is 0.556. The van der Waals surface area contributed by atoms with Crippen LogP contribution in [0.1, 0.15) is 12.6 Å². The van der Waals surface area contributed by atoms with Gasteiger partial charge in [-0.15, -0.1) is 5.10 Å². The first kappa shape index (κ1) is 12.7. The fraction of sp³-hybridized carbons (Fsp3) is 0.750. The lowest BCUT2D eigenvalue weighted by atomic mass is 10.4. The van der Waals surface area contributed by atoms with Crippen molar-refractivity contribution < 1.29 is 10.2 Å². The molecule has 1 aromatic rings. The summed E-state index contributed by atoms with van der Waals surface area (Å²) in [4.78, 5) is 0. The third-order valence-electron chi connectivity index (χ3n) is 1.65. The van der Waals surface area contributed by atoms with Crippen molar-refractivity contribution in [2.45, 2.75) is 18.8 Å². The summed E-state index contributed by atoms with van der Waals surface area (Å²) in [6, 6.07) is 0. The van der Waals surface area contributed by atoms with Crippen LogP contribution < -0.4 is 5.32 Å². The van der Waals surface area contributed by atoms with Crippen LogP contribution in [0.3, 0.4) is 0 Å². The van der Waals surface area contributed by atoms with Gasteiger partial charge in [0, 0.05) is 29.6 Å². The Morgan fingerprint density at radius 2 is 2.40 bits per heavy atom. The van der Waals surface area contributed by atoms with Gasteiger partial charge in [-0.2, -0.15) is 11.8 Å². The molecule has 1 aromatic heterocycles. The van der Waals surface area contributed by atoms with Crippen molar-refractivity contribution in [3.63, 3.8) is 0 Å². The predicted molar refractivity (Wildman–Crippen MR) is 63.3 cm³/mol. The largest absolute Gasteiger partial charge is 0.394 e. The number of anilines is 1. The molecule has 1 rings (SSSR count). The molecule has 15 heavy (non-hydrogen) atoms. The van der Waals surface area contributed by atoms with Crippen molar-refractivity contribution in [3.8, 4) is 0 Å². The fourth-order valence-electron chi connectivity index (χ4n) is 0.942. The molecule has 0 saturated carbocycles. The lowest BCUT2D eigenvalue weighted by Crippen LogP contribution is -2.14. The Hall–Kier alpha value is -0.370. The Labute approximate surface area is 97.1 Å². The van der Waals surface area contributed by atoms with Gasteiger partial charge in [0.25, 0.3) is 0 Å². The van der Waals surface area contributed by atoms with Crippen molar-refractivity contribution in [2.75, 3.05) is 24.2 Å². The minimum Gasteiger partial charge on any atom is -0.394 e. The number of aliphatic hydroxyl groups is 2. The summed E-state index contributed by atoms with van der Waals surface area (Å²) < 4.78 is 3.86. The number of aromatic nitrogens is 2. The standard InChI is InChI=1S/C8H15N3O2S2/c1-2-9-8-7(10-11-15-8)5-14-4-6(13)3-12/h6,9,12-13H,2-5H2,1H3. The molecule has 0 saturated heterocycles. The zero-order chi connectivity index (χ0) is 11.1. The second kappa shape index (κ2) is 7.00. The van der Waals surface area contributed by atoms with E-state index in [0.717, 1.165) is 17.2 Å². The molecule has 5 nitrogen and oxygen atoms in total. The monoisotopic (exact) mass is 249 g/mol. The van der Waals surface area contributed by atoms with Gasteiger partial charge in [0.2, 0.25) is 0 Å². The minimum absolute atomic E-state index is 0.192. The summed E-state index contributed by atoms with van der Waals surface area (Å²) in [5.41, 5.74) is 0.914. The summed E-state index contributed by atoms with van der Waals surface area (Å²) in [6.45, 7) is 2.68. The molecular formula is C8H15N3O2S2. The van der Waals surface area contributed by atoms with E-state index in [9.17, 15) is 0 Å². The van der Waals surface area contributed by atoms with Crippen LogP contribution in [0.4, 0.5) is 5.00 Å². The third kappa shape index (κ3) is 4.33. The highest BCUT2D eigenvalue weighted by molar-refractivity contribution is 7.98. The van der Waals surface area contributed by atoms with Gasteiger partial charge < -0.3 is 15.5 Å². The molecule has 0 aliphatic rings. The number of thioether (sulfide) groups is 1. The van der Waals surface area contributed by atoms with E-state index in [2.05, 4.69) is 14.9 Å². The van der Waals surface area contributed by atoms with Crippen LogP contribution in [0.25, 0.3) is 0 Å². The zero-order valence-corrected chi connectivity index (χ0v) is 10.1. The van der Waals surface area contributed by atoms with Crippen LogP contribution in [-0.4, -0.2) is 44.8 Å². The molecule has 1 atom stereocenters. The third-order valence-corrected chi connectivity index (χ3v) is 3.48. The average molecular weight is 249 g/mol. The van der Waals surface area contributed by atoms with Gasteiger partial charge in [-0.1, -0.05) is 4.49 Å². The fourth-order valence-corrected chi connectivity index (χ4v) is 2.57. The lowest BCUT2D eigenvalue weighted by Gasteiger charge is -2.06. The van der Waals surface area contributed by atoms with E-state index in [1.54, 1.807) is 0 Å². The molecule has 0 aromatic carbocycles. The van der Waals surface area contributed by atoms with Crippen LogP contribution in [0.2, 0.25) is 0 Å². The van der Waals surface area contributed by atoms with Crippen LogP contribution in [0.15, 0.2) is 0 Å². The highest BCUT2D eigenvalue weighted by Crippen LogP contribution is 2.22. The van der Waals surface area contributed by atoms with E-state index in [-0.39, 0.29) is 6.61 Å². The van der Waals surface area contributed by atoms with Gasteiger partial charge in [0.05, 0.1) is 12.7 Å². The molecule has 1 unspecified atom stereocenters. The maximum absolute atomic E-state index is 9.14. The van der Waals surface area contributed by atoms with E-state index in [0.29, 0.717) is 11.5 Å². The number of hydrogen-bond acceptors (Lipinski definition) is 7. The number of rotatable bonds is 7. The highest BCUT2D eigenvalue weighted by Gasteiger charge is 2.08. The molecule has 0 fully saturated rings. The molecule has 1 heterocycles. The Bertz CT molecular complexity index is 283. The first-order valence-electron chi connectivity index (χ1n) is 4.69.